The number of carbonyl (C=O) groups excluding carboxylic acids is 1. The second-order valence-corrected chi connectivity index (χ2v) is 7.71. The van der Waals surface area contributed by atoms with Gasteiger partial charge in [0.2, 0.25) is 0 Å². The van der Waals surface area contributed by atoms with Gasteiger partial charge in [-0.2, -0.15) is 0 Å². The molecule has 0 spiro atoms. The Labute approximate surface area is 162 Å². The molecule has 1 aromatic rings. The molecule has 0 aliphatic carbocycles. The molecule has 0 saturated heterocycles. The molecule has 0 aromatic heterocycles. The first-order valence-corrected chi connectivity index (χ1v) is 9.18. The van der Waals surface area contributed by atoms with E-state index in [2.05, 4.69) is 26.6 Å². The third kappa shape index (κ3) is 7.61. The van der Waals surface area contributed by atoms with E-state index in [-0.39, 0.29) is 18.1 Å². The van der Waals surface area contributed by atoms with Crippen molar-refractivity contribution in [3.63, 3.8) is 0 Å². The van der Waals surface area contributed by atoms with Crippen LogP contribution in [-0.4, -0.2) is 41.8 Å². The molecule has 8 heteroatoms. The first-order valence-electron chi connectivity index (χ1n) is 8.38. The van der Waals surface area contributed by atoms with E-state index in [0.29, 0.717) is 24.7 Å². The van der Waals surface area contributed by atoms with Crippen LogP contribution in [0.5, 0.6) is 11.5 Å². The molecule has 1 unspecified atom stereocenters. The van der Waals surface area contributed by atoms with Crippen molar-refractivity contribution in [1.29, 1.82) is 0 Å². The predicted molar refractivity (Wildman–Crippen MR) is 103 cm³/mol. The molecular weight excluding hydrogens is 404 g/mol. The fraction of sp³-hybridized carbons (Fsp3) is 0.556. The van der Waals surface area contributed by atoms with Crippen LogP contribution in [-0.2, 0) is 16.1 Å². The molecule has 0 aliphatic rings. The number of nitrogens with one attached hydrogen (secondary N) is 2. The minimum absolute atomic E-state index is 0.128. The molecule has 0 heterocycles. The molecule has 1 atom stereocenters. The van der Waals surface area contributed by atoms with Gasteiger partial charge in [0.15, 0.2) is 18.1 Å². The van der Waals surface area contributed by atoms with Gasteiger partial charge in [0.05, 0.1) is 6.61 Å². The van der Waals surface area contributed by atoms with Gasteiger partial charge in [-0.05, 0) is 52.3 Å². The summed E-state index contributed by atoms with van der Waals surface area (Å²) < 4.78 is 11.9. The SMILES string of the molecule is CCOc1cc(CNC(C)C(=O)O)c(Br)cc1OCC(=O)NC(C)(C)C. The Morgan fingerprint density at radius 2 is 1.85 bits per heavy atom. The summed E-state index contributed by atoms with van der Waals surface area (Å²) in [5.41, 5.74) is 0.494. The Morgan fingerprint density at radius 3 is 2.38 bits per heavy atom. The highest BCUT2D eigenvalue weighted by molar-refractivity contribution is 9.10. The molecule has 1 amide bonds. The van der Waals surface area contributed by atoms with E-state index in [0.717, 1.165) is 10.0 Å². The zero-order valence-electron chi connectivity index (χ0n) is 15.8. The normalized spacial score (nSPS) is 12.4. The van der Waals surface area contributed by atoms with E-state index in [9.17, 15) is 9.59 Å². The summed E-state index contributed by atoms with van der Waals surface area (Å²) in [7, 11) is 0. The van der Waals surface area contributed by atoms with Crippen LogP contribution in [0.25, 0.3) is 0 Å². The zero-order valence-corrected chi connectivity index (χ0v) is 17.4. The number of hydrogen-bond donors (Lipinski definition) is 3. The summed E-state index contributed by atoms with van der Waals surface area (Å²) in [4.78, 5) is 22.9. The Balaban J connectivity index is 2.87. The first-order chi connectivity index (χ1) is 12.0. The van der Waals surface area contributed by atoms with Crippen molar-refractivity contribution in [3.05, 3.63) is 22.2 Å². The van der Waals surface area contributed by atoms with Gasteiger partial charge < -0.3 is 25.2 Å². The van der Waals surface area contributed by atoms with Crippen LogP contribution >= 0.6 is 15.9 Å². The van der Waals surface area contributed by atoms with Crippen molar-refractivity contribution in [2.75, 3.05) is 13.2 Å². The third-order valence-electron chi connectivity index (χ3n) is 3.25. The maximum atomic E-state index is 11.9. The summed E-state index contributed by atoms with van der Waals surface area (Å²) in [6.07, 6.45) is 0. The largest absolute Gasteiger partial charge is 0.490 e. The van der Waals surface area contributed by atoms with Crippen LogP contribution in [0.2, 0.25) is 0 Å². The van der Waals surface area contributed by atoms with E-state index in [1.165, 1.54) is 0 Å². The minimum Gasteiger partial charge on any atom is -0.490 e. The maximum absolute atomic E-state index is 11.9. The zero-order chi connectivity index (χ0) is 19.9. The summed E-state index contributed by atoms with van der Waals surface area (Å²) in [6.45, 7) is 9.77. The Hall–Kier alpha value is -1.80. The highest BCUT2D eigenvalue weighted by Crippen LogP contribution is 2.34. The van der Waals surface area contributed by atoms with E-state index >= 15 is 0 Å². The highest BCUT2D eigenvalue weighted by Gasteiger charge is 2.17. The molecule has 0 aliphatic heterocycles. The van der Waals surface area contributed by atoms with Gasteiger partial charge >= 0.3 is 5.97 Å². The van der Waals surface area contributed by atoms with Crippen LogP contribution in [0.3, 0.4) is 0 Å². The standard InChI is InChI=1S/C18H27BrN2O5/c1-6-25-14-7-12(9-20-11(2)17(23)24)13(19)8-15(14)26-10-16(22)21-18(3,4)5/h7-8,11,20H,6,9-10H2,1-5H3,(H,21,22)(H,23,24). The number of aliphatic carboxylic acids is 1. The van der Waals surface area contributed by atoms with Gasteiger partial charge in [-0.15, -0.1) is 0 Å². The van der Waals surface area contributed by atoms with Crippen LogP contribution < -0.4 is 20.1 Å². The van der Waals surface area contributed by atoms with Crippen LogP contribution in [0.4, 0.5) is 0 Å². The monoisotopic (exact) mass is 430 g/mol. The number of benzene rings is 1. The van der Waals surface area contributed by atoms with Gasteiger partial charge in [-0.3, -0.25) is 9.59 Å². The first kappa shape index (κ1) is 22.2. The van der Waals surface area contributed by atoms with Gasteiger partial charge in [0.25, 0.3) is 5.91 Å². The summed E-state index contributed by atoms with van der Waals surface area (Å²) in [5.74, 6) is -0.204. The van der Waals surface area contributed by atoms with Crippen molar-refractivity contribution < 1.29 is 24.2 Å². The average molecular weight is 431 g/mol. The Bertz CT molecular complexity index is 643. The smallest absolute Gasteiger partial charge is 0.320 e. The number of amides is 1. The Morgan fingerprint density at radius 1 is 1.23 bits per heavy atom. The molecule has 0 saturated carbocycles. The lowest BCUT2D eigenvalue weighted by molar-refractivity contribution is -0.139. The number of carbonyl (C=O) groups is 2. The lowest BCUT2D eigenvalue weighted by Crippen LogP contribution is -2.43. The lowest BCUT2D eigenvalue weighted by Gasteiger charge is -2.21. The minimum atomic E-state index is -0.920. The van der Waals surface area contributed by atoms with Gasteiger partial charge in [-0.1, -0.05) is 15.9 Å². The van der Waals surface area contributed by atoms with Crippen LogP contribution in [0, 0.1) is 0 Å². The summed E-state index contributed by atoms with van der Waals surface area (Å²) >= 11 is 3.45. The quantitative estimate of drug-likeness (QED) is 0.557. The number of ether oxygens (including phenoxy) is 2. The second kappa shape index (κ2) is 9.78. The van der Waals surface area contributed by atoms with E-state index in [1.54, 1.807) is 19.1 Å². The molecule has 3 N–H and O–H groups in total. The van der Waals surface area contributed by atoms with Crippen molar-refractivity contribution >= 4 is 27.8 Å². The van der Waals surface area contributed by atoms with Crippen molar-refractivity contribution in [1.82, 2.24) is 10.6 Å². The van der Waals surface area contributed by atoms with E-state index in [1.807, 2.05) is 27.7 Å². The van der Waals surface area contributed by atoms with Gasteiger partial charge in [0.1, 0.15) is 6.04 Å². The molecule has 26 heavy (non-hydrogen) atoms. The topological polar surface area (TPSA) is 96.9 Å². The number of halogens is 1. The van der Waals surface area contributed by atoms with E-state index in [4.69, 9.17) is 14.6 Å². The number of carboxylic acids is 1. The molecular formula is C18H27BrN2O5. The molecule has 0 radical (unpaired) electrons. The number of rotatable bonds is 9. The van der Waals surface area contributed by atoms with Gasteiger partial charge in [-0.25, -0.2) is 0 Å². The molecule has 1 rings (SSSR count). The predicted octanol–water partition coefficient (Wildman–Crippen LogP) is 2.70. The van der Waals surface area contributed by atoms with Crippen molar-refractivity contribution in [2.24, 2.45) is 0 Å². The van der Waals surface area contributed by atoms with E-state index < -0.39 is 12.0 Å². The molecule has 1 aromatic carbocycles. The molecule has 146 valence electrons. The lowest BCUT2D eigenvalue weighted by atomic mass is 10.1. The fourth-order valence-corrected chi connectivity index (χ4v) is 2.50. The summed E-state index contributed by atoms with van der Waals surface area (Å²) in [5, 5.41) is 14.7. The fourth-order valence-electron chi connectivity index (χ4n) is 2.04. The molecule has 0 bridgehead atoms. The van der Waals surface area contributed by atoms with Crippen molar-refractivity contribution in [2.45, 2.75) is 52.7 Å². The maximum Gasteiger partial charge on any atom is 0.320 e. The number of carboxylic acid groups (broad SMARTS) is 1. The average Bonchev–Trinajstić information content (AvgIpc) is 2.51. The second-order valence-electron chi connectivity index (χ2n) is 6.85. The third-order valence-corrected chi connectivity index (χ3v) is 3.99. The van der Waals surface area contributed by atoms with Crippen LogP contribution in [0.1, 0.15) is 40.2 Å². The van der Waals surface area contributed by atoms with Crippen LogP contribution in [0.15, 0.2) is 16.6 Å². The Kier molecular flexibility index (Phi) is 8.36. The highest BCUT2D eigenvalue weighted by atomic mass is 79.9. The van der Waals surface area contributed by atoms with Gasteiger partial charge in [0, 0.05) is 16.6 Å². The molecule has 0 fully saturated rings. The summed E-state index contributed by atoms with van der Waals surface area (Å²) in [6, 6.07) is 2.82. The van der Waals surface area contributed by atoms with Crippen molar-refractivity contribution in [3.8, 4) is 11.5 Å². The molecule has 7 nitrogen and oxygen atoms in total. The number of hydrogen-bond acceptors (Lipinski definition) is 5.